The van der Waals surface area contributed by atoms with Gasteiger partial charge in [-0.1, -0.05) is 22.6 Å². The van der Waals surface area contributed by atoms with Gasteiger partial charge in [-0.3, -0.25) is 4.79 Å². The maximum atomic E-state index is 13.2. The van der Waals surface area contributed by atoms with E-state index >= 15 is 0 Å². The highest BCUT2D eigenvalue weighted by atomic mass is 127. The van der Waals surface area contributed by atoms with Crippen molar-refractivity contribution in [2.45, 2.75) is 51.2 Å². The molecule has 4 nitrogen and oxygen atoms in total. The van der Waals surface area contributed by atoms with Crippen molar-refractivity contribution in [3.63, 3.8) is 0 Å². The maximum absolute atomic E-state index is 13.2. The van der Waals surface area contributed by atoms with E-state index in [-0.39, 0.29) is 16.1 Å². The summed E-state index contributed by atoms with van der Waals surface area (Å²) in [5, 5.41) is 2.57. The Morgan fingerprint density at radius 2 is 1.86 bits per heavy atom. The molecule has 1 amide bonds. The van der Waals surface area contributed by atoms with Gasteiger partial charge in [-0.25, -0.2) is 13.6 Å². The zero-order chi connectivity index (χ0) is 16.0. The van der Waals surface area contributed by atoms with Crippen molar-refractivity contribution in [1.82, 2.24) is 5.32 Å². The summed E-state index contributed by atoms with van der Waals surface area (Å²) in [6, 6.07) is -0.722. The number of alkyl halides is 3. The maximum Gasteiger partial charge on any atom is 0.408 e. The number of Topliss-reactive ketones (excluding diaryl/α,β-unsaturated/α-hetero) is 1. The second kappa shape index (κ2) is 5.62. The molecule has 0 heterocycles. The van der Waals surface area contributed by atoms with Crippen molar-refractivity contribution < 1.29 is 23.1 Å². The molecule has 0 saturated heterocycles. The molecule has 2 aliphatic rings. The van der Waals surface area contributed by atoms with E-state index in [1.807, 2.05) is 22.6 Å². The zero-order valence-corrected chi connectivity index (χ0v) is 14.4. The average Bonchev–Trinajstić information content (AvgIpc) is 2.75. The lowest BCUT2D eigenvalue weighted by atomic mass is 9.91. The molecule has 0 unspecified atom stereocenters. The predicted molar refractivity (Wildman–Crippen MR) is 81.7 cm³/mol. The summed E-state index contributed by atoms with van der Waals surface area (Å²) >= 11 is 1.92. The molecule has 2 rings (SSSR count). The minimum atomic E-state index is -2.57. The van der Waals surface area contributed by atoms with Crippen LogP contribution in [0.3, 0.4) is 0 Å². The highest BCUT2D eigenvalue weighted by Gasteiger charge is 2.72. The van der Waals surface area contributed by atoms with Crippen molar-refractivity contribution >= 4 is 34.5 Å². The number of hydrogen-bond donors (Lipinski definition) is 1. The molecular weight excluding hydrogens is 395 g/mol. The molecule has 0 aromatic heterocycles. The van der Waals surface area contributed by atoms with E-state index in [4.69, 9.17) is 4.74 Å². The van der Waals surface area contributed by atoms with Gasteiger partial charge in [0, 0.05) is 11.8 Å². The first-order valence-electron chi connectivity index (χ1n) is 7.02. The molecule has 2 saturated carbocycles. The molecule has 0 aromatic carbocycles. The number of amides is 1. The number of carbonyl (C=O) groups excluding carboxylic acids is 2. The molecule has 120 valence electrons. The number of hydrogen-bond acceptors (Lipinski definition) is 3. The molecule has 7 heteroatoms. The molecule has 0 radical (unpaired) electrons. The summed E-state index contributed by atoms with van der Waals surface area (Å²) in [6.07, 6.45) is -0.0841. The monoisotopic (exact) mass is 415 g/mol. The van der Waals surface area contributed by atoms with Gasteiger partial charge in [-0.05, 0) is 39.5 Å². The molecular formula is C14H20F2INO3. The molecule has 3 atom stereocenters. The van der Waals surface area contributed by atoms with Crippen LogP contribution in [0.5, 0.6) is 0 Å². The first-order valence-corrected chi connectivity index (χ1v) is 8.55. The lowest BCUT2D eigenvalue weighted by molar-refractivity contribution is -0.120. The molecule has 0 bridgehead atoms. The van der Waals surface area contributed by atoms with Gasteiger partial charge in [-0.15, -0.1) is 0 Å². The normalized spacial score (nSPS) is 28.7. The first kappa shape index (κ1) is 16.9. The quantitative estimate of drug-likeness (QED) is 0.567. The van der Waals surface area contributed by atoms with Crippen LogP contribution in [0.4, 0.5) is 13.6 Å². The van der Waals surface area contributed by atoms with E-state index in [1.54, 1.807) is 20.8 Å². The van der Waals surface area contributed by atoms with Crippen molar-refractivity contribution in [3.8, 4) is 0 Å². The van der Waals surface area contributed by atoms with Crippen LogP contribution < -0.4 is 5.32 Å². The molecule has 2 fully saturated rings. The Kier molecular flexibility index (Phi) is 4.52. The lowest BCUT2D eigenvalue weighted by Crippen LogP contribution is -2.48. The van der Waals surface area contributed by atoms with Crippen LogP contribution in [0.2, 0.25) is 0 Å². The van der Waals surface area contributed by atoms with Crippen molar-refractivity contribution in [1.29, 1.82) is 0 Å². The number of ether oxygens (including phenoxy) is 1. The van der Waals surface area contributed by atoms with Crippen molar-refractivity contribution in [2.24, 2.45) is 17.8 Å². The fraction of sp³-hybridized carbons (Fsp3) is 0.857. The Morgan fingerprint density at radius 1 is 1.33 bits per heavy atom. The van der Waals surface area contributed by atoms with E-state index in [0.29, 0.717) is 12.8 Å². The van der Waals surface area contributed by atoms with E-state index < -0.39 is 35.5 Å². The summed E-state index contributed by atoms with van der Waals surface area (Å²) in [5.74, 6) is -4.16. The van der Waals surface area contributed by atoms with Crippen LogP contribution in [0, 0.1) is 17.8 Å². The average molecular weight is 415 g/mol. The Labute approximate surface area is 136 Å². The number of alkyl carbamates (subject to hydrolysis) is 1. The van der Waals surface area contributed by atoms with Crippen molar-refractivity contribution in [2.75, 3.05) is 4.43 Å². The van der Waals surface area contributed by atoms with Crippen LogP contribution in [0.1, 0.15) is 33.6 Å². The first-order chi connectivity index (χ1) is 9.56. The van der Waals surface area contributed by atoms with Crippen LogP contribution in [-0.2, 0) is 9.53 Å². The summed E-state index contributed by atoms with van der Waals surface area (Å²) in [4.78, 5) is 23.8. The van der Waals surface area contributed by atoms with Gasteiger partial charge in [0.15, 0.2) is 5.78 Å². The number of carbonyl (C=O) groups is 2. The largest absolute Gasteiger partial charge is 0.444 e. The minimum Gasteiger partial charge on any atom is -0.444 e. The van der Waals surface area contributed by atoms with Crippen molar-refractivity contribution in [3.05, 3.63) is 0 Å². The van der Waals surface area contributed by atoms with E-state index in [1.165, 1.54) is 0 Å². The second-order valence-electron chi connectivity index (χ2n) is 6.84. The summed E-state index contributed by atoms with van der Waals surface area (Å²) in [5.41, 5.74) is -0.660. The Morgan fingerprint density at radius 3 is 2.29 bits per heavy atom. The van der Waals surface area contributed by atoms with Gasteiger partial charge in [0.2, 0.25) is 0 Å². The number of ketones is 1. The van der Waals surface area contributed by atoms with Crippen LogP contribution in [-0.4, -0.2) is 33.9 Å². The predicted octanol–water partition coefficient (Wildman–Crippen LogP) is 3.18. The summed E-state index contributed by atoms with van der Waals surface area (Å²) in [6.45, 7) is 5.19. The van der Waals surface area contributed by atoms with Crippen LogP contribution in [0.15, 0.2) is 0 Å². The molecule has 1 N–H and O–H groups in total. The molecule has 21 heavy (non-hydrogen) atoms. The van der Waals surface area contributed by atoms with Gasteiger partial charge in [0.05, 0.1) is 10.5 Å². The van der Waals surface area contributed by atoms with E-state index in [9.17, 15) is 18.4 Å². The minimum absolute atomic E-state index is 0.143. The lowest BCUT2D eigenvalue weighted by Gasteiger charge is -2.27. The topological polar surface area (TPSA) is 55.4 Å². The highest BCUT2D eigenvalue weighted by molar-refractivity contribution is 14.1. The third-order valence-corrected chi connectivity index (χ3v) is 4.85. The zero-order valence-electron chi connectivity index (χ0n) is 12.3. The molecule has 0 spiro atoms. The van der Waals surface area contributed by atoms with Gasteiger partial charge in [0.1, 0.15) is 5.60 Å². The molecule has 0 aromatic rings. The Balaban J connectivity index is 1.97. The molecule has 0 aliphatic heterocycles. The van der Waals surface area contributed by atoms with Gasteiger partial charge in [0.25, 0.3) is 5.92 Å². The fourth-order valence-corrected chi connectivity index (χ4v) is 3.58. The van der Waals surface area contributed by atoms with Gasteiger partial charge in [-0.2, -0.15) is 0 Å². The fourth-order valence-electron chi connectivity index (χ4n) is 3.10. The number of halogens is 3. The van der Waals surface area contributed by atoms with E-state index in [0.717, 1.165) is 0 Å². The summed E-state index contributed by atoms with van der Waals surface area (Å²) in [7, 11) is 0. The van der Waals surface area contributed by atoms with Gasteiger partial charge < -0.3 is 10.1 Å². The van der Waals surface area contributed by atoms with Crippen LogP contribution >= 0.6 is 22.6 Å². The highest BCUT2D eigenvalue weighted by Crippen LogP contribution is 2.66. The standard InChI is InChI=1S/C14H20F2INO3/c1-13(2,3)21-12(20)18-11(10(19)6-17)7-4-8-9(5-7)14(8,15)16/h7-9,11H,4-6H2,1-3H3,(H,18,20)/t8-,9-,11-/m0/s1. The molecule has 2 aliphatic carbocycles. The number of nitrogens with one attached hydrogen (secondary N) is 1. The SMILES string of the molecule is CC(C)(C)OC(=O)N[C@H](C(=O)CI)C1C[C@H]2[C@H](C1)C2(F)F. The Bertz CT molecular complexity index is 436. The number of fused-ring (bicyclic) bond motifs is 1. The van der Waals surface area contributed by atoms with E-state index in [2.05, 4.69) is 5.32 Å². The van der Waals surface area contributed by atoms with Gasteiger partial charge >= 0.3 is 6.09 Å². The Hall–Kier alpha value is -0.470. The van der Waals surface area contributed by atoms with Crippen LogP contribution in [0.25, 0.3) is 0 Å². The number of rotatable bonds is 4. The third-order valence-electron chi connectivity index (χ3n) is 4.10. The smallest absolute Gasteiger partial charge is 0.408 e. The second-order valence-corrected chi connectivity index (χ2v) is 7.61. The summed E-state index contributed by atoms with van der Waals surface area (Å²) < 4.78 is 31.9. The third kappa shape index (κ3) is 3.65.